The van der Waals surface area contributed by atoms with Gasteiger partial charge in [-0.25, -0.2) is 9.78 Å². The van der Waals surface area contributed by atoms with Crippen molar-refractivity contribution in [2.24, 2.45) is 0 Å². The topological polar surface area (TPSA) is 86.1 Å². The first-order valence-electron chi connectivity index (χ1n) is 6.64. The van der Waals surface area contributed by atoms with Gasteiger partial charge in [-0.05, 0) is 18.9 Å². The maximum Gasteiger partial charge on any atom is 0.325 e. The van der Waals surface area contributed by atoms with E-state index < -0.39 is 5.54 Å². The zero-order valence-corrected chi connectivity index (χ0v) is 10.9. The lowest BCUT2D eigenvalue weighted by atomic mass is 9.98. The van der Waals surface area contributed by atoms with E-state index in [9.17, 15) is 9.59 Å². The third-order valence-corrected chi connectivity index (χ3v) is 4.03. The molecule has 1 spiro atoms. The van der Waals surface area contributed by atoms with Crippen molar-refractivity contribution in [2.45, 2.75) is 37.8 Å². The minimum absolute atomic E-state index is 0.100. The van der Waals surface area contributed by atoms with Crippen LogP contribution in [0.3, 0.4) is 0 Å². The van der Waals surface area contributed by atoms with Crippen LogP contribution in [-0.2, 0) is 11.3 Å². The van der Waals surface area contributed by atoms with Gasteiger partial charge < -0.3 is 5.32 Å². The lowest BCUT2D eigenvalue weighted by molar-refractivity contribution is -0.131. The lowest BCUT2D eigenvalue weighted by Crippen LogP contribution is -2.44. The smallest absolute Gasteiger partial charge is 0.323 e. The number of aromatic nitrogens is 1. The number of amides is 3. The third kappa shape index (κ3) is 1.83. The molecule has 6 nitrogen and oxygen atoms in total. The van der Waals surface area contributed by atoms with E-state index in [0.29, 0.717) is 18.4 Å². The van der Waals surface area contributed by atoms with Crippen molar-refractivity contribution >= 4 is 11.9 Å². The number of pyridine rings is 1. The summed E-state index contributed by atoms with van der Waals surface area (Å²) in [6.07, 6.45) is 4.83. The molecule has 20 heavy (non-hydrogen) atoms. The Labute approximate surface area is 116 Å². The number of carbonyl (C=O) groups excluding carboxylic acids is 2. The number of carbonyl (C=O) groups is 2. The van der Waals surface area contributed by atoms with E-state index in [1.807, 2.05) is 6.07 Å². The van der Waals surface area contributed by atoms with Gasteiger partial charge in [0.1, 0.15) is 17.3 Å². The van der Waals surface area contributed by atoms with Crippen molar-refractivity contribution in [1.29, 1.82) is 5.26 Å². The van der Waals surface area contributed by atoms with Crippen molar-refractivity contribution in [1.82, 2.24) is 15.2 Å². The molecule has 3 amide bonds. The molecule has 0 unspecified atom stereocenters. The number of nitrogens with one attached hydrogen (secondary N) is 1. The fraction of sp³-hybridized carbons (Fsp3) is 0.429. The molecule has 2 aliphatic rings. The van der Waals surface area contributed by atoms with Crippen molar-refractivity contribution in [3.8, 4) is 6.07 Å². The molecule has 1 aromatic rings. The van der Waals surface area contributed by atoms with Crippen LogP contribution in [0.25, 0.3) is 0 Å². The molecule has 1 aliphatic heterocycles. The van der Waals surface area contributed by atoms with Crippen molar-refractivity contribution in [3.63, 3.8) is 0 Å². The maximum absolute atomic E-state index is 12.5. The van der Waals surface area contributed by atoms with E-state index in [0.717, 1.165) is 12.8 Å². The van der Waals surface area contributed by atoms with Crippen LogP contribution in [0.5, 0.6) is 0 Å². The Morgan fingerprint density at radius 3 is 2.85 bits per heavy atom. The van der Waals surface area contributed by atoms with Crippen LogP contribution in [0.1, 0.15) is 36.9 Å². The highest BCUT2D eigenvalue weighted by molar-refractivity contribution is 6.07. The summed E-state index contributed by atoms with van der Waals surface area (Å²) in [5.74, 6) is -0.173. The van der Waals surface area contributed by atoms with Gasteiger partial charge in [0.05, 0.1) is 6.54 Å². The summed E-state index contributed by atoms with van der Waals surface area (Å²) in [7, 11) is 0. The van der Waals surface area contributed by atoms with Crippen LogP contribution >= 0.6 is 0 Å². The Morgan fingerprint density at radius 2 is 2.15 bits per heavy atom. The zero-order chi connectivity index (χ0) is 14.2. The average molecular weight is 270 g/mol. The summed E-state index contributed by atoms with van der Waals surface area (Å²) in [5.41, 5.74) is 0.139. The average Bonchev–Trinajstić information content (AvgIpc) is 3.01. The van der Waals surface area contributed by atoms with Gasteiger partial charge in [-0.1, -0.05) is 18.9 Å². The Morgan fingerprint density at radius 1 is 1.40 bits per heavy atom. The molecule has 0 aromatic carbocycles. The Hall–Kier alpha value is -2.42. The molecule has 0 radical (unpaired) electrons. The highest BCUT2D eigenvalue weighted by Gasteiger charge is 2.52. The summed E-state index contributed by atoms with van der Waals surface area (Å²) < 4.78 is 0. The lowest BCUT2D eigenvalue weighted by Gasteiger charge is -2.20. The van der Waals surface area contributed by atoms with Gasteiger partial charge in [0.25, 0.3) is 5.91 Å². The van der Waals surface area contributed by atoms with E-state index in [-0.39, 0.29) is 24.2 Å². The minimum Gasteiger partial charge on any atom is -0.323 e. The summed E-state index contributed by atoms with van der Waals surface area (Å²) >= 11 is 0. The number of hydrogen-bond donors (Lipinski definition) is 1. The molecule has 1 aromatic heterocycles. The largest absolute Gasteiger partial charge is 0.325 e. The molecule has 102 valence electrons. The summed E-state index contributed by atoms with van der Waals surface area (Å²) in [6.45, 7) is 0.100. The second-order valence-corrected chi connectivity index (χ2v) is 5.23. The summed E-state index contributed by atoms with van der Waals surface area (Å²) in [6, 6.07) is 5.02. The van der Waals surface area contributed by atoms with E-state index in [4.69, 9.17) is 5.26 Å². The maximum atomic E-state index is 12.5. The molecule has 0 atom stereocenters. The fourth-order valence-electron chi connectivity index (χ4n) is 2.97. The Kier molecular flexibility index (Phi) is 2.90. The predicted molar refractivity (Wildman–Crippen MR) is 69.2 cm³/mol. The molecule has 2 heterocycles. The minimum atomic E-state index is -0.702. The van der Waals surface area contributed by atoms with Crippen LogP contribution in [0.4, 0.5) is 4.79 Å². The van der Waals surface area contributed by atoms with Gasteiger partial charge in [-0.15, -0.1) is 0 Å². The van der Waals surface area contributed by atoms with Crippen LogP contribution in [-0.4, -0.2) is 27.4 Å². The molecule has 1 N–H and O–H groups in total. The van der Waals surface area contributed by atoms with Gasteiger partial charge in [0, 0.05) is 11.8 Å². The SMILES string of the molecule is N#Cc1ncccc1CN1C(=O)NC2(CCCC2)C1=O. The molecular weight excluding hydrogens is 256 g/mol. The first-order valence-corrected chi connectivity index (χ1v) is 6.64. The molecule has 0 bridgehead atoms. The first kappa shape index (κ1) is 12.6. The Balaban J connectivity index is 1.86. The molecular formula is C14H14N4O2. The third-order valence-electron chi connectivity index (χ3n) is 4.03. The van der Waals surface area contributed by atoms with Crippen LogP contribution in [0, 0.1) is 11.3 Å². The first-order chi connectivity index (χ1) is 9.66. The summed E-state index contributed by atoms with van der Waals surface area (Å²) in [5, 5.41) is 11.8. The van der Waals surface area contributed by atoms with E-state index in [1.165, 1.54) is 11.1 Å². The highest BCUT2D eigenvalue weighted by atomic mass is 16.2. The van der Waals surface area contributed by atoms with E-state index in [2.05, 4.69) is 10.3 Å². The van der Waals surface area contributed by atoms with Gasteiger partial charge >= 0.3 is 6.03 Å². The second-order valence-electron chi connectivity index (χ2n) is 5.23. The van der Waals surface area contributed by atoms with Gasteiger partial charge in [0.15, 0.2) is 0 Å². The zero-order valence-electron chi connectivity index (χ0n) is 10.9. The number of imide groups is 1. The van der Waals surface area contributed by atoms with Crippen LogP contribution in [0.2, 0.25) is 0 Å². The molecule has 1 saturated heterocycles. The van der Waals surface area contributed by atoms with E-state index in [1.54, 1.807) is 12.1 Å². The van der Waals surface area contributed by atoms with Crippen molar-refractivity contribution in [3.05, 3.63) is 29.6 Å². The fourth-order valence-corrected chi connectivity index (χ4v) is 2.97. The molecule has 6 heteroatoms. The number of hydrogen-bond acceptors (Lipinski definition) is 4. The van der Waals surface area contributed by atoms with Crippen molar-refractivity contribution in [2.75, 3.05) is 0 Å². The quantitative estimate of drug-likeness (QED) is 0.821. The van der Waals surface area contributed by atoms with Gasteiger partial charge in [0.2, 0.25) is 0 Å². The van der Waals surface area contributed by atoms with Gasteiger partial charge in [-0.2, -0.15) is 5.26 Å². The summed E-state index contributed by atoms with van der Waals surface area (Å²) in [4.78, 5) is 29.7. The molecule has 2 fully saturated rings. The second kappa shape index (κ2) is 4.60. The van der Waals surface area contributed by atoms with Crippen LogP contribution < -0.4 is 5.32 Å². The Bertz CT molecular complexity index is 614. The number of nitriles is 1. The van der Waals surface area contributed by atoms with E-state index >= 15 is 0 Å². The monoisotopic (exact) mass is 270 g/mol. The number of nitrogens with zero attached hydrogens (tertiary/aromatic N) is 3. The highest BCUT2D eigenvalue weighted by Crippen LogP contribution is 2.35. The predicted octanol–water partition coefficient (Wildman–Crippen LogP) is 1.32. The standard InChI is InChI=1S/C14H14N4O2/c15-8-11-10(4-3-7-16-11)9-18-12(19)14(17-13(18)20)5-1-2-6-14/h3-4,7H,1-2,5-6,9H2,(H,17,20). The number of urea groups is 1. The molecule has 3 rings (SSSR count). The number of rotatable bonds is 2. The molecule has 1 aliphatic carbocycles. The van der Waals surface area contributed by atoms with Crippen LogP contribution in [0.15, 0.2) is 18.3 Å². The normalized spacial score (nSPS) is 20.2. The molecule has 1 saturated carbocycles. The van der Waals surface area contributed by atoms with Gasteiger partial charge in [-0.3, -0.25) is 9.69 Å². The van der Waals surface area contributed by atoms with Crippen molar-refractivity contribution < 1.29 is 9.59 Å².